The molecule has 70 heavy (non-hydrogen) atoms. The summed E-state index contributed by atoms with van der Waals surface area (Å²) in [6.45, 7) is 2.55. The second-order valence-corrected chi connectivity index (χ2v) is 18.6. The Hall–Kier alpha value is -2.83. The molecule has 0 bridgehead atoms. The molecule has 1 amide bonds. The molecule has 14 nitrogen and oxygen atoms in total. The monoisotopic (exact) mass is 990 g/mol. The summed E-state index contributed by atoms with van der Waals surface area (Å²) >= 11 is 0. The maximum Gasteiger partial charge on any atom is 0.220 e. The number of unbranched alkanes of at least 4 members (excludes halogenated alkanes) is 15. The molecule has 0 aromatic rings. The third kappa shape index (κ3) is 27.8. The van der Waals surface area contributed by atoms with Crippen molar-refractivity contribution < 1.29 is 64.6 Å². The van der Waals surface area contributed by atoms with Gasteiger partial charge in [0.2, 0.25) is 5.91 Å². The van der Waals surface area contributed by atoms with Crippen molar-refractivity contribution in [1.82, 2.24) is 5.32 Å². The number of hydrogen-bond donors (Lipinski definition) is 9. The second-order valence-electron chi connectivity index (χ2n) is 18.6. The number of nitrogens with one attached hydrogen (secondary N) is 1. The van der Waals surface area contributed by atoms with E-state index in [0.29, 0.717) is 12.8 Å². The number of aliphatic hydroxyl groups is 8. The smallest absolute Gasteiger partial charge is 0.220 e. The fourth-order valence-electron chi connectivity index (χ4n) is 8.20. The maximum absolute atomic E-state index is 13.2. The summed E-state index contributed by atoms with van der Waals surface area (Å²) in [5.41, 5.74) is 0. The number of rotatable bonds is 40. The molecule has 0 aromatic carbocycles. The predicted molar refractivity (Wildman–Crippen MR) is 276 cm³/mol. The van der Waals surface area contributed by atoms with Crippen LogP contribution in [0.1, 0.15) is 168 Å². The third-order valence-electron chi connectivity index (χ3n) is 12.5. The zero-order valence-electron chi connectivity index (χ0n) is 42.7. The first-order valence-corrected chi connectivity index (χ1v) is 26.8. The zero-order chi connectivity index (χ0) is 51.0. The van der Waals surface area contributed by atoms with Crippen molar-refractivity contribution in [3.05, 3.63) is 85.1 Å². The number of carbonyl (C=O) groups excluding carboxylic acids is 1. The van der Waals surface area contributed by atoms with Gasteiger partial charge in [0.25, 0.3) is 0 Å². The molecule has 2 rings (SSSR count). The molecular formula is C56H95NO13. The van der Waals surface area contributed by atoms with Crippen LogP contribution in [0.5, 0.6) is 0 Å². The number of aliphatic hydroxyl groups excluding tert-OH is 8. The van der Waals surface area contributed by atoms with Crippen molar-refractivity contribution in [2.45, 2.75) is 242 Å². The molecule has 14 heteroatoms. The summed E-state index contributed by atoms with van der Waals surface area (Å²) in [4.78, 5) is 13.2. The summed E-state index contributed by atoms with van der Waals surface area (Å²) in [6.07, 6.45) is 37.8. The van der Waals surface area contributed by atoms with E-state index in [1.807, 2.05) is 6.08 Å². The summed E-state index contributed by atoms with van der Waals surface area (Å²) in [7, 11) is 0. The first-order valence-electron chi connectivity index (χ1n) is 26.8. The van der Waals surface area contributed by atoms with Crippen LogP contribution in [0.3, 0.4) is 0 Å². The minimum Gasteiger partial charge on any atom is -0.394 e. The van der Waals surface area contributed by atoms with E-state index >= 15 is 0 Å². The van der Waals surface area contributed by atoms with E-state index in [0.717, 1.165) is 83.5 Å². The zero-order valence-corrected chi connectivity index (χ0v) is 42.7. The lowest BCUT2D eigenvalue weighted by Gasteiger charge is -2.46. The number of allylic oxidation sites excluding steroid dienone is 13. The Morgan fingerprint density at radius 2 is 1.00 bits per heavy atom. The van der Waals surface area contributed by atoms with E-state index < -0.39 is 86.8 Å². The van der Waals surface area contributed by atoms with Gasteiger partial charge in [-0.05, 0) is 77.0 Å². The number of carbonyl (C=O) groups is 1. The minimum atomic E-state index is -1.79. The van der Waals surface area contributed by atoms with Crippen LogP contribution >= 0.6 is 0 Å². The lowest BCUT2D eigenvalue weighted by atomic mass is 9.97. The van der Waals surface area contributed by atoms with Crippen molar-refractivity contribution in [1.29, 1.82) is 0 Å². The summed E-state index contributed by atoms with van der Waals surface area (Å²) in [5.74, 6) is -0.262. The van der Waals surface area contributed by atoms with Crippen LogP contribution in [0.15, 0.2) is 85.1 Å². The molecule has 0 aromatic heterocycles. The van der Waals surface area contributed by atoms with Crippen LogP contribution in [0.25, 0.3) is 0 Å². The van der Waals surface area contributed by atoms with Gasteiger partial charge in [-0.2, -0.15) is 0 Å². The first kappa shape index (κ1) is 63.3. The Labute approximate surface area is 420 Å². The normalized spacial score (nSPS) is 26.7. The van der Waals surface area contributed by atoms with Crippen molar-refractivity contribution >= 4 is 5.91 Å². The average Bonchev–Trinajstić information content (AvgIpc) is 3.36. The molecule has 2 fully saturated rings. The van der Waals surface area contributed by atoms with Gasteiger partial charge >= 0.3 is 0 Å². The molecule has 0 saturated carbocycles. The Bertz CT molecular complexity index is 1500. The molecule has 0 spiro atoms. The molecule has 2 saturated heterocycles. The Balaban J connectivity index is 1.75. The Kier molecular flexibility index (Phi) is 37.6. The molecule has 0 aliphatic carbocycles. The van der Waals surface area contributed by atoms with Crippen LogP contribution in [0.4, 0.5) is 0 Å². The molecule has 402 valence electrons. The van der Waals surface area contributed by atoms with E-state index in [-0.39, 0.29) is 18.9 Å². The Morgan fingerprint density at radius 1 is 0.529 bits per heavy atom. The predicted octanol–water partition coefficient (Wildman–Crippen LogP) is 7.77. The molecule has 0 radical (unpaired) electrons. The van der Waals surface area contributed by atoms with Gasteiger partial charge in [-0.1, -0.05) is 170 Å². The molecule has 2 aliphatic rings. The van der Waals surface area contributed by atoms with Gasteiger partial charge in [0.1, 0.15) is 48.8 Å². The summed E-state index contributed by atoms with van der Waals surface area (Å²) in [5, 5.41) is 86.7. The molecule has 9 N–H and O–H groups in total. The second kappa shape index (κ2) is 41.6. The fourth-order valence-corrected chi connectivity index (χ4v) is 8.20. The molecule has 12 atom stereocenters. The standard InChI is InChI=1S/C56H95NO13/c1-3-5-7-9-11-13-15-16-17-18-19-20-21-22-23-24-25-26-27-28-30-32-34-36-38-40-48(61)57-44(45(60)39-37-35-33-31-29-14-12-10-8-6-4-2)43-67-55-53(66)51(64)54(47(42-59)69-55)70-56-52(65)50(63)49(62)46(41-58)68-56/h5,7-8,10-11,13,16-17,19-20,29,31,37,39,44-47,49-56,58-60,62-66H,3-4,6,9,12,14-15,18,21-28,30,32-36,38,40-43H2,1-2H3,(H,57,61)/b7-5-,10-8+,13-11-,17-16-,20-19-,31-29+,39-37+. The van der Waals surface area contributed by atoms with E-state index in [9.17, 15) is 45.6 Å². The van der Waals surface area contributed by atoms with Crippen molar-refractivity contribution in [3.63, 3.8) is 0 Å². The molecule has 2 aliphatic heterocycles. The van der Waals surface area contributed by atoms with Crippen LogP contribution in [0.2, 0.25) is 0 Å². The maximum atomic E-state index is 13.2. The van der Waals surface area contributed by atoms with Crippen LogP contribution in [-0.2, 0) is 23.7 Å². The van der Waals surface area contributed by atoms with Crippen molar-refractivity contribution in [2.75, 3.05) is 19.8 Å². The molecule has 2 heterocycles. The lowest BCUT2D eigenvalue weighted by Crippen LogP contribution is -2.65. The number of amides is 1. The lowest BCUT2D eigenvalue weighted by molar-refractivity contribution is -0.359. The fraction of sp³-hybridized carbons (Fsp3) is 0.732. The van der Waals surface area contributed by atoms with Gasteiger partial charge in [0, 0.05) is 6.42 Å². The third-order valence-corrected chi connectivity index (χ3v) is 12.5. The molecular weight excluding hydrogens is 895 g/mol. The highest BCUT2D eigenvalue weighted by molar-refractivity contribution is 5.76. The van der Waals surface area contributed by atoms with Crippen LogP contribution < -0.4 is 5.32 Å². The number of hydrogen-bond acceptors (Lipinski definition) is 13. The summed E-state index contributed by atoms with van der Waals surface area (Å²) < 4.78 is 22.7. The largest absolute Gasteiger partial charge is 0.394 e. The van der Waals surface area contributed by atoms with Gasteiger partial charge in [0.15, 0.2) is 12.6 Å². The summed E-state index contributed by atoms with van der Waals surface area (Å²) in [6, 6.07) is -0.941. The van der Waals surface area contributed by atoms with E-state index in [2.05, 4.69) is 92.1 Å². The minimum absolute atomic E-state index is 0.262. The van der Waals surface area contributed by atoms with Gasteiger partial charge < -0.3 is 65.1 Å². The van der Waals surface area contributed by atoms with Gasteiger partial charge in [-0.15, -0.1) is 0 Å². The SMILES string of the molecule is CC/C=C\C/C=C\C/C=C\C/C=C\CCCCCCCCCCCCCCC(=O)NC(COC1OC(CO)C(OC2OC(CO)C(O)C(O)C2O)C(O)C1O)C(O)/C=C/CC/C=C/CC/C=C/CCC. The number of ether oxygens (including phenoxy) is 4. The van der Waals surface area contributed by atoms with Gasteiger partial charge in [0.05, 0.1) is 32.0 Å². The van der Waals surface area contributed by atoms with Crippen molar-refractivity contribution in [3.8, 4) is 0 Å². The van der Waals surface area contributed by atoms with E-state index in [4.69, 9.17) is 18.9 Å². The quantitative estimate of drug-likeness (QED) is 0.0212. The average molecular weight is 990 g/mol. The van der Waals surface area contributed by atoms with E-state index in [1.54, 1.807) is 6.08 Å². The van der Waals surface area contributed by atoms with Crippen molar-refractivity contribution in [2.24, 2.45) is 0 Å². The highest BCUT2D eigenvalue weighted by Crippen LogP contribution is 2.30. The Morgan fingerprint density at radius 3 is 1.56 bits per heavy atom. The van der Waals surface area contributed by atoms with Crippen LogP contribution in [0, 0.1) is 0 Å². The topological polar surface area (TPSA) is 228 Å². The van der Waals surface area contributed by atoms with Gasteiger partial charge in [-0.3, -0.25) is 4.79 Å². The molecule has 12 unspecified atom stereocenters. The van der Waals surface area contributed by atoms with Crippen LogP contribution in [-0.4, -0.2) is 140 Å². The first-order chi connectivity index (χ1) is 34.1. The highest BCUT2D eigenvalue weighted by Gasteiger charge is 2.51. The van der Waals surface area contributed by atoms with Gasteiger partial charge in [-0.25, -0.2) is 0 Å². The van der Waals surface area contributed by atoms with E-state index in [1.165, 1.54) is 51.4 Å². The highest BCUT2D eigenvalue weighted by atomic mass is 16.7.